The molecule has 1 amide bonds. The van der Waals surface area contributed by atoms with Gasteiger partial charge < -0.3 is 10.6 Å². The van der Waals surface area contributed by atoms with Gasteiger partial charge >= 0.3 is 6.18 Å². The first-order chi connectivity index (χ1) is 9.38. The summed E-state index contributed by atoms with van der Waals surface area (Å²) in [6.45, 7) is 2.20. The first-order valence-corrected chi connectivity index (χ1v) is 7.03. The van der Waals surface area contributed by atoms with E-state index in [1.165, 1.54) is 6.07 Å². The Morgan fingerprint density at radius 1 is 1.45 bits per heavy atom. The molecule has 0 saturated carbocycles. The maximum Gasteiger partial charge on any atom is 0.416 e. The second-order valence-electron chi connectivity index (χ2n) is 4.76. The van der Waals surface area contributed by atoms with Gasteiger partial charge in [0.25, 0.3) is 5.91 Å². The van der Waals surface area contributed by atoms with Crippen LogP contribution in [-0.4, -0.2) is 25.5 Å². The molecular formula is C13H14BrF3N2O. The standard InChI is InChI=1S/C13H14BrF3N2O/c14-11-2-1-9(13(15,16)17)5-10(11)12(20)19-7-8-3-4-18-6-8/h1-2,5,8,18H,3-4,6-7H2,(H,19,20). The molecule has 3 nitrogen and oxygen atoms in total. The molecule has 7 heteroatoms. The Morgan fingerprint density at radius 2 is 2.20 bits per heavy atom. The van der Waals surface area contributed by atoms with Gasteiger partial charge in [-0.1, -0.05) is 0 Å². The smallest absolute Gasteiger partial charge is 0.352 e. The van der Waals surface area contributed by atoms with E-state index < -0.39 is 17.6 Å². The Balaban J connectivity index is 2.08. The number of alkyl halides is 3. The number of nitrogens with one attached hydrogen (secondary N) is 2. The molecule has 0 bridgehead atoms. The molecule has 1 aromatic carbocycles. The Hall–Kier alpha value is -1.08. The highest BCUT2D eigenvalue weighted by Gasteiger charge is 2.31. The van der Waals surface area contributed by atoms with E-state index in [1.807, 2.05) is 0 Å². The van der Waals surface area contributed by atoms with E-state index in [0.717, 1.165) is 31.6 Å². The van der Waals surface area contributed by atoms with Crippen LogP contribution in [0.25, 0.3) is 0 Å². The van der Waals surface area contributed by atoms with Crippen molar-refractivity contribution in [3.05, 3.63) is 33.8 Å². The zero-order valence-electron chi connectivity index (χ0n) is 10.6. The number of amides is 1. The van der Waals surface area contributed by atoms with Crippen LogP contribution in [0.1, 0.15) is 22.3 Å². The molecule has 1 aliphatic rings. The minimum Gasteiger partial charge on any atom is -0.352 e. The highest BCUT2D eigenvalue weighted by molar-refractivity contribution is 9.10. The summed E-state index contributed by atoms with van der Waals surface area (Å²) in [5, 5.41) is 5.85. The summed E-state index contributed by atoms with van der Waals surface area (Å²) >= 11 is 3.11. The number of hydrogen-bond donors (Lipinski definition) is 2. The largest absolute Gasteiger partial charge is 0.416 e. The second-order valence-corrected chi connectivity index (χ2v) is 5.62. The van der Waals surface area contributed by atoms with Gasteiger partial charge in [-0.3, -0.25) is 4.79 Å². The van der Waals surface area contributed by atoms with Gasteiger partial charge in [-0.05, 0) is 59.6 Å². The third-order valence-corrected chi connectivity index (χ3v) is 3.94. The molecule has 1 aliphatic heterocycles. The zero-order chi connectivity index (χ0) is 14.8. The monoisotopic (exact) mass is 350 g/mol. The van der Waals surface area contributed by atoms with E-state index in [2.05, 4.69) is 26.6 Å². The van der Waals surface area contributed by atoms with Crippen LogP contribution in [0.5, 0.6) is 0 Å². The molecule has 2 N–H and O–H groups in total. The lowest BCUT2D eigenvalue weighted by atomic mass is 10.1. The van der Waals surface area contributed by atoms with Gasteiger partial charge in [0.05, 0.1) is 11.1 Å². The van der Waals surface area contributed by atoms with E-state index in [-0.39, 0.29) is 5.56 Å². The number of halogens is 4. The van der Waals surface area contributed by atoms with Crippen molar-refractivity contribution in [3.8, 4) is 0 Å². The molecule has 0 radical (unpaired) electrons. The van der Waals surface area contributed by atoms with Gasteiger partial charge in [0.1, 0.15) is 0 Å². The van der Waals surface area contributed by atoms with Crippen LogP contribution < -0.4 is 10.6 Å². The lowest BCUT2D eigenvalue weighted by molar-refractivity contribution is -0.137. The van der Waals surface area contributed by atoms with Gasteiger partial charge in [0, 0.05) is 11.0 Å². The SMILES string of the molecule is O=C(NCC1CCNC1)c1cc(C(F)(F)F)ccc1Br. The molecule has 2 rings (SSSR count). The zero-order valence-corrected chi connectivity index (χ0v) is 12.1. The Bertz CT molecular complexity index is 499. The van der Waals surface area contributed by atoms with Crippen molar-refractivity contribution in [2.75, 3.05) is 19.6 Å². The molecule has 0 spiro atoms. The third-order valence-electron chi connectivity index (χ3n) is 3.25. The predicted molar refractivity (Wildman–Crippen MR) is 72.5 cm³/mol. The number of rotatable bonds is 3. The van der Waals surface area contributed by atoms with Crippen LogP contribution in [0, 0.1) is 5.92 Å². The quantitative estimate of drug-likeness (QED) is 0.879. The normalized spacial score (nSPS) is 19.1. The molecule has 1 aromatic rings. The van der Waals surface area contributed by atoms with Gasteiger partial charge in [-0.25, -0.2) is 0 Å². The highest BCUT2D eigenvalue weighted by atomic mass is 79.9. The van der Waals surface area contributed by atoms with Crippen molar-refractivity contribution in [1.29, 1.82) is 0 Å². The molecule has 0 aliphatic carbocycles. The van der Waals surface area contributed by atoms with E-state index >= 15 is 0 Å². The first-order valence-electron chi connectivity index (χ1n) is 6.23. The van der Waals surface area contributed by atoms with Crippen molar-refractivity contribution in [2.24, 2.45) is 5.92 Å². The minimum absolute atomic E-state index is 0.00535. The minimum atomic E-state index is -4.45. The van der Waals surface area contributed by atoms with E-state index in [0.29, 0.717) is 16.9 Å². The molecule has 1 saturated heterocycles. The van der Waals surface area contributed by atoms with E-state index in [1.54, 1.807) is 0 Å². The van der Waals surface area contributed by atoms with Crippen LogP contribution in [0.15, 0.2) is 22.7 Å². The average molecular weight is 351 g/mol. The Morgan fingerprint density at radius 3 is 2.80 bits per heavy atom. The molecule has 1 unspecified atom stereocenters. The second kappa shape index (κ2) is 6.13. The van der Waals surface area contributed by atoms with Gasteiger partial charge in [0.2, 0.25) is 0 Å². The summed E-state index contributed by atoms with van der Waals surface area (Å²) in [6, 6.07) is 3.06. The summed E-state index contributed by atoms with van der Waals surface area (Å²) in [7, 11) is 0. The van der Waals surface area contributed by atoms with Crippen molar-refractivity contribution >= 4 is 21.8 Å². The van der Waals surface area contributed by atoms with Crippen molar-refractivity contribution < 1.29 is 18.0 Å². The lowest BCUT2D eigenvalue weighted by Crippen LogP contribution is -2.30. The van der Waals surface area contributed by atoms with Crippen LogP contribution in [0.2, 0.25) is 0 Å². The third kappa shape index (κ3) is 3.73. The number of hydrogen-bond acceptors (Lipinski definition) is 2. The summed E-state index contributed by atoms with van der Waals surface area (Å²) in [4.78, 5) is 12.0. The molecule has 0 aromatic heterocycles. The predicted octanol–water partition coefficient (Wildman–Crippen LogP) is 2.81. The topological polar surface area (TPSA) is 41.1 Å². The number of carbonyl (C=O) groups is 1. The van der Waals surface area contributed by atoms with Gasteiger partial charge in [-0.2, -0.15) is 13.2 Å². The molecule has 20 heavy (non-hydrogen) atoms. The summed E-state index contributed by atoms with van der Waals surface area (Å²) in [6.07, 6.45) is -3.49. The molecule has 1 fully saturated rings. The number of benzene rings is 1. The van der Waals surface area contributed by atoms with Crippen molar-refractivity contribution in [3.63, 3.8) is 0 Å². The van der Waals surface area contributed by atoms with Crippen LogP contribution in [0.3, 0.4) is 0 Å². The van der Waals surface area contributed by atoms with Gasteiger partial charge in [-0.15, -0.1) is 0 Å². The maximum absolute atomic E-state index is 12.6. The van der Waals surface area contributed by atoms with E-state index in [4.69, 9.17) is 0 Å². The van der Waals surface area contributed by atoms with Crippen LogP contribution in [-0.2, 0) is 6.18 Å². The first kappa shape index (κ1) is 15.3. The fourth-order valence-corrected chi connectivity index (χ4v) is 2.52. The van der Waals surface area contributed by atoms with Crippen LogP contribution in [0.4, 0.5) is 13.2 Å². The fraction of sp³-hybridized carbons (Fsp3) is 0.462. The summed E-state index contributed by atoms with van der Waals surface area (Å²) < 4.78 is 38.3. The maximum atomic E-state index is 12.6. The number of carbonyl (C=O) groups excluding carboxylic acids is 1. The Labute approximate surface area is 123 Å². The fourth-order valence-electron chi connectivity index (χ4n) is 2.10. The Kier molecular flexibility index (Phi) is 4.70. The lowest BCUT2D eigenvalue weighted by Gasteiger charge is -2.13. The van der Waals surface area contributed by atoms with E-state index in [9.17, 15) is 18.0 Å². The summed E-state index contributed by atoms with van der Waals surface area (Å²) in [5.41, 5.74) is -0.820. The molecule has 110 valence electrons. The summed E-state index contributed by atoms with van der Waals surface area (Å²) in [5.74, 6) is -0.154. The van der Waals surface area contributed by atoms with Crippen molar-refractivity contribution in [2.45, 2.75) is 12.6 Å². The average Bonchev–Trinajstić information content (AvgIpc) is 2.88. The highest BCUT2D eigenvalue weighted by Crippen LogP contribution is 2.31. The van der Waals surface area contributed by atoms with Crippen LogP contribution >= 0.6 is 15.9 Å². The molecule has 1 heterocycles. The van der Waals surface area contributed by atoms with Crippen molar-refractivity contribution in [1.82, 2.24) is 10.6 Å². The molecule has 1 atom stereocenters. The molecular weight excluding hydrogens is 337 g/mol. The van der Waals surface area contributed by atoms with Gasteiger partial charge in [0.15, 0.2) is 0 Å².